The van der Waals surface area contributed by atoms with Gasteiger partial charge in [-0.1, -0.05) is 72.8 Å². The fraction of sp³-hybridized carbons (Fsp3) is 0.114. The minimum absolute atomic E-state index is 0.203. The van der Waals surface area contributed by atoms with Gasteiger partial charge >= 0.3 is 0 Å². The number of carbonyl (C=O) groups is 2. The fourth-order valence-corrected chi connectivity index (χ4v) is 5.20. The van der Waals surface area contributed by atoms with Crippen LogP contribution >= 0.6 is 0 Å². The van der Waals surface area contributed by atoms with Crippen molar-refractivity contribution < 1.29 is 9.59 Å². The van der Waals surface area contributed by atoms with Crippen LogP contribution in [0.2, 0.25) is 0 Å². The van der Waals surface area contributed by atoms with Crippen molar-refractivity contribution >= 4 is 23.2 Å². The van der Waals surface area contributed by atoms with Crippen molar-refractivity contribution in [1.82, 2.24) is 10.3 Å². The predicted molar refractivity (Wildman–Crippen MR) is 163 cm³/mol. The summed E-state index contributed by atoms with van der Waals surface area (Å²) in [7, 11) is 0. The summed E-state index contributed by atoms with van der Waals surface area (Å²) in [5, 5.41) is 6.01. The Morgan fingerprint density at radius 2 is 1.51 bits per heavy atom. The highest BCUT2D eigenvalue weighted by atomic mass is 16.2. The monoisotopic (exact) mass is 538 g/mol. The summed E-state index contributed by atoms with van der Waals surface area (Å²) in [5.74, 6) is -0.433. The van der Waals surface area contributed by atoms with Gasteiger partial charge in [0.05, 0.1) is 5.56 Å². The smallest absolute Gasteiger partial charge is 0.255 e. The van der Waals surface area contributed by atoms with Crippen molar-refractivity contribution in [3.05, 3.63) is 149 Å². The van der Waals surface area contributed by atoms with Gasteiger partial charge in [0.15, 0.2) is 0 Å². The van der Waals surface area contributed by atoms with Crippen LogP contribution in [-0.2, 0) is 19.5 Å². The molecular weight excluding hydrogens is 508 g/mol. The Balaban J connectivity index is 1.24. The summed E-state index contributed by atoms with van der Waals surface area (Å²) in [5.41, 5.74) is 8.13. The Morgan fingerprint density at radius 1 is 0.756 bits per heavy atom. The minimum atomic E-state index is -0.231. The van der Waals surface area contributed by atoms with Gasteiger partial charge in [-0.25, -0.2) is 0 Å². The van der Waals surface area contributed by atoms with Crippen molar-refractivity contribution in [2.45, 2.75) is 19.5 Å². The van der Waals surface area contributed by atoms with E-state index in [4.69, 9.17) is 0 Å². The minimum Gasteiger partial charge on any atom is -0.366 e. The molecule has 0 atom stereocenters. The topological polar surface area (TPSA) is 74.3 Å². The van der Waals surface area contributed by atoms with Crippen molar-refractivity contribution in [3.8, 4) is 11.1 Å². The van der Waals surface area contributed by atoms with Gasteiger partial charge in [0.1, 0.15) is 0 Å². The van der Waals surface area contributed by atoms with Crippen molar-refractivity contribution in [2.75, 3.05) is 16.8 Å². The molecule has 6 rings (SSSR count). The second-order valence-electron chi connectivity index (χ2n) is 10.1. The Labute approximate surface area is 239 Å². The van der Waals surface area contributed by atoms with E-state index < -0.39 is 0 Å². The van der Waals surface area contributed by atoms with Gasteiger partial charge in [0.25, 0.3) is 11.8 Å². The summed E-state index contributed by atoms with van der Waals surface area (Å²) in [4.78, 5) is 33.1. The van der Waals surface area contributed by atoms with Gasteiger partial charge in [-0.2, -0.15) is 0 Å². The number of nitrogens with zero attached hydrogens (tertiary/aromatic N) is 2. The van der Waals surface area contributed by atoms with Gasteiger partial charge in [0, 0.05) is 49.0 Å². The lowest BCUT2D eigenvalue weighted by Crippen LogP contribution is -2.33. The lowest BCUT2D eigenvalue weighted by atomic mass is 9.98. The molecule has 0 unspecified atom stereocenters. The predicted octanol–water partition coefficient (Wildman–Crippen LogP) is 6.49. The van der Waals surface area contributed by atoms with Gasteiger partial charge in [-0.05, 0) is 70.6 Å². The second-order valence-corrected chi connectivity index (χ2v) is 10.1. The number of benzene rings is 4. The largest absolute Gasteiger partial charge is 0.366 e. The number of anilines is 2. The molecule has 1 aromatic heterocycles. The molecular formula is C35H30N4O2. The zero-order valence-electron chi connectivity index (χ0n) is 22.6. The molecule has 5 aromatic rings. The number of rotatable bonds is 7. The summed E-state index contributed by atoms with van der Waals surface area (Å²) in [6, 6.07) is 35.3. The molecule has 1 aliphatic rings. The number of pyridine rings is 1. The van der Waals surface area contributed by atoms with E-state index in [-0.39, 0.29) is 11.8 Å². The highest BCUT2D eigenvalue weighted by molar-refractivity contribution is 6.06. The Kier molecular flexibility index (Phi) is 7.54. The van der Waals surface area contributed by atoms with Crippen molar-refractivity contribution in [3.63, 3.8) is 0 Å². The van der Waals surface area contributed by atoms with Crippen LogP contribution in [0.25, 0.3) is 11.1 Å². The van der Waals surface area contributed by atoms with E-state index in [2.05, 4.69) is 44.8 Å². The molecule has 41 heavy (non-hydrogen) atoms. The molecule has 2 amide bonds. The van der Waals surface area contributed by atoms with Gasteiger partial charge < -0.3 is 15.5 Å². The first-order valence-electron chi connectivity index (χ1n) is 13.7. The fourth-order valence-electron chi connectivity index (χ4n) is 5.20. The van der Waals surface area contributed by atoms with Crippen LogP contribution in [0.4, 0.5) is 11.4 Å². The number of amides is 2. The Morgan fingerprint density at radius 3 is 2.29 bits per heavy atom. The van der Waals surface area contributed by atoms with Crippen LogP contribution in [0.5, 0.6) is 0 Å². The number of nitrogens with one attached hydrogen (secondary N) is 2. The van der Waals surface area contributed by atoms with Crippen LogP contribution in [0.3, 0.4) is 0 Å². The number of hydrogen-bond acceptors (Lipinski definition) is 4. The molecule has 0 saturated carbocycles. The van der Waals surface area contributed by atoms with Crippen LogP contribution in [0, 0.1) is 0 Å². The average molecular weight is 539 g/mol. The molecule has 2 heterocycles. The second kappa shape index (κ2) is 11.9. The number of carbonyl (C=O) groups excluding carboxylic acids is 2. The summed E-state index contributed by atoms with van der Waals surface area (Å²) in [6.07, 6.45) is 4.35. The van der Waals surface area contributed by atoms with E-state index in [1.807, 2.05) is 78.9 Å². The lowest BCUT2D eigenvalue weighted by molar-refractivity contribution is 0.0950. The molecule has 202 valence electrons. The zero-order chi connectivity index (χ0) is 28.0. The first kappa shape index (κ1) is 26.0. The van der Waals surface area contributed by atoms with E-state index in [1.165, 1.54) is 11.1 Å². The maximum absolute atomic E-state index is 13.5. The van der Waals surface area contributed by atoms with E-state index in [9.17, 15) is 9.59 Å². The maximum atomic E-state index is 13.5. The molecule has 0 radical (unpaired) electrons. The number of aromatic nitrogens is 1. The van der Waals surface area contributed by atoms with Crippen LogP contribution in [0.15, 0.2) is 122 Å². The third kappa shape index (κ3) is 6.02. The van der Waals surface area contributed by atoms with Crippen LogP contribution in [-0.4, -0.2) is 23.3 Å². The number of fused-ring (bicyclic) bond motifs is 1. The number of hydrogen-bond donors (Lipinski definition) is 2. The van der Waals surface area contributed by atoms with E-state index in [0.29, 0.717) is 23.4 Å². The summed E-state index contributed by atoms with van der Waals surface area (Å²) in [6.45, 7) is 1.89. The zero-order valence-corrected chi connectivity index (χ0v) is 22.6. The van der Waals surface area contributed by atoms with E-state index >= 15 is 0 Å². The van der Waals surface area contributed by atoms with E-state index in [1.54, 1.807) is 18.5 Å². The highest BCUT2D eigenvalue weighted by Crippen LogP contribution is 2.30. The third-order valence-corrected chi connectivity index (χ3v) is 7.40. The quantitative estimate of drug-likeness (QED) is 0.248. The van der Waals surface area contributed by atoms with Crippen molar-refractivity contribution in [1.29, 1.82) is 0 Å². The van der Waals surface area contributed by atoms with Crippen LogP contribution in [0.1, 0.15) is 37.4 Å². The summed E-state index contributed by atoms with van der Waals surface area (Å²) < 4.78 is 0. The average Bonchev–Trinajstić information content (AvgIpc) is 3.04. The SMILES string of the molecule is O=C(Nc1ccc(N2CCc3ccccc3C2)c(C(=O)NCc2cccnc2)c1)c1ccc(-c2ccccc2)cc1. The van der Waals surface area contributed by atoms with Crippen LogP contribution < -0.4 is 15.5 Å². The highest BCUT2D eigenvalue weighted by Gasteiger charge is 2.22. The van der Waals surface area contributed by atoms with Crippen molar-refractivity contribution in [2.24, 2.45) is 0 Å². The molecule has 1 aliphatic heterocycles. The maximum Gasteiger partial charge on any atom is 0.255 e. The molecule has 0 fully saturated rings. The molecule has 0 spiro atoms. The van der Waals surface area contributed by atoms with Gasteiger partial charge in [0.2, 0.25) is 0 Å². The molecule has 6 nitrogen and oxygen atoms in total. The molecule has 0 bridgehead atoms. The molecule has 4 aromatic carbocycles. The summed E-state index contributed by atoms with van der Waals surface area (Å²) >= 11 is 0. The molecule has 2 N–H and O–H groups in total. The Bertz CT molecular complexity index is 1670. The lowest BCUT2D eigenvalue weighted by Gasteiger charge is -2.32. The molecule has 0 aliphatic carbocycles. The standard InChI is InChI=1S/C35H30N4O2/c40-34(29-14-12-28(13-15-29)26-8-2-1-3-9-26)38-31-16-17-33(39-20-18-27-10-4-5-11-30(27)24-39)32(21-31)35(41)37-23-25-7-6-19-36-22-25/h1-17,19,21-22H,18,20,23-24H2,(H,37,41)(H,38,40). The molecule has 0 saturated heterocycles. The Hall–Kier alpha value is -5.23. The molecule has 6 heteroatoms. The first-order chi connectivity index (χ1) is 20.1. The van der Waals surface area contributed by atoms with Gasteiger partial charge in [-0.15, -0.1) is 0 Å². The van der Waals surface area contributed by atoms with E-state index in [0.717, 1.165) is 41.9 Å². The first-order valence-corrected chi connectivity index (χ1v) is 13.7. The normalized spacial score (nSPS) is 12.3. The van der Waals surface area contributed by atoms with Gasteiger partial charge in [-0.3, -0.25) is 14.6 Å². The third-order valence-electron chi connectivity index (χ3n) is 7.40.